The van der Waals surface area contributed by atoms with E-state index in [1.807, 2.05) is 18.2 Å². The number of ether oxygens (including phenoxy) is 1. The Morgan fingerprint density at radius 1 is 1.50 bits per heavy atom. The van der Waals surface area contributed by atoms with E-state index in [1.54, 1.807) is 14.0 Å². The van der Waals surface area contributed by atoms with Crippen molar-refractivity contribution in [1.82, 2.24) is 4.90 Å². The molecular formula is C15H21NO2. The van der Waals surface area contributed by atoms with E-state index in [0.717, 1.165) is 42.4 Å². The van der Waals surface area contributed by atoms with E-state index >= 15 is 0 Å². The second-order valence-corrected chi connectivity index (χ2v) is 5.21. The second kappa shape index (κ2) is 5.53. The molecule has 1 fully saturated rings. The SMILES string of the molecule is COc1ccc(C(C)=O)cc1CN1CCC(C)C1. The number of hydrogen-bond acceptors (Lipinski definition) is 3. The molecule has 3 heteroatoms. The molecule has 1 atom stereocenters. The molecule has 0 bridgehead atoms. The minimum Gasteiger partial charge on any atom is -0.496 e. The number of methoxy groups -OCH3 is 1. The van der Waals surface area contributed by atoms with E-state index in [0.29, 0.717) is 0 Å². The minimum atomic E-state index is 0.105. The van der Waals surface area contributed by atoms with Gasteiger partial charge in [-0.15, -0.1) is 0 Å². The van der Waals surface area contributed by atoms with Gasteiger partial charge in [-0.2, -0.15) is 0 Å². The third-order valence-electron chi connectivity index (χ3n) is 3.59. The van der Waals surface area contributed by atoms with Crippen molar-refractivity contribution >= 4 is 5.78 Å². The Balaban J connectivity index is 2.18. The number of nitrogens with zero attached hydrogens (tertiary/aromatic N) is 1. The van der Waals surface area contributed by atoms with Crippen molar-refractivity contribution < 1.29 is 9.53 Å². The fraction of sp³-hybridized carbons (Fsp3) is 0.533. The number of rotatable bonds is 4. The first kappa shape index (κ1) is 13.1. The summed E-state index contributed by atoms with van der Waals surface area (Å²) < 4.78 is 5.38. The standard InChI is InChI=1S/C15H21NO2/c1-11-6-7-16(9-11)10-14-8-13(12(2)17)4-5-15(14)18-3/h4-5,8,11H,6-7,9-10H2,1-3H3. The van der Waals surface area contributed by atoms with Crippen LogP contribution in [0.2, 0.25) is 0 Å². The highest BCUT2D eigenvalue weighted by atomic mass is 16.5. The number of benzene rings is 1. The molecule has 1 aromatic rings. The molecule has 1 saturated heterocycles. The van der Waals surface area contributed by atoms with Gasteiger partial charge in [-0.25, -0.2) is 0 Å². The first-order valence-electron chi connectivity index (χ1n) is 6.50. The number of ketones is 1. The van der Waals surface area contributed by atoms with E-state index in [9.17, 15) is 4.79 Å². The van der Waals surface area contributed by atoms with E-state index in [4.69, 9.17) is 4.74 Å². The molecule has 0 radical (unpaired) electrons. The maximum absolute atomic E-state index is 11.4. The summed E-state index contributed by atoms with van der Waals surface area (Å²) >= 11 is 0. The quantitative estimate of drug-likeness (QED) is 0.766. The van der Waals surface area contributed by atoms with Crippen molar-refractivity contribution in [3.05, 3.63) is 29.3 Å². The summed E-state index contributed by atoms with van der Waals surface area (Å²) in [6, 6.07) is 5.69. The molecule has 1 aliphatic rings. The number of Topliss-reactive ketones (excluding diaryl/α,β-unsaturated/α-hetero) is 1. The summed E-state index contributed by atoms with van der Waals surface area (Å²) in [5.41, 5.74) is 1.87. The van der Waals surface area contributed by atoms with Crippen LogP contribution in [-0.2, 0) is 6.54 Å². The molecule has 0 spiro atoms. The molecule has 18 heavy (non-hydrogen) atoms. The smallest absolute Gasteiger partial charge is 0.159 e. The molecule has 1 unspecified atom stereocenters. The molecule has 1 heterocycles. The Labute approximate surface area is 109 Å². The third kappa shape index (κ3) is 2.91. The van der Waals surface area contributed by atoms with Gasteiger partial charge >= 0.3 is 0 Å². The van der Waals surface area contributed by atoms with Crippen LogP contribution >= 0.6 is 0 Å². The zero-order valence-corrected chi connectivity index (χ0v) is 11.4. The van der Waals surface area contributed by atoms with Gasteiger partial charge in [0.2, 0.25) is 0 Å². The predicted octanol–water partition coefficient (Wildman–Crippen LogP) is 2.74. The van der Waals surface area contributed by atoms with E-state index in [1.165, 1.54) is 6.42 Å². The van der Waals surface area contributed by atoms with Crippen molar-refractivity contribution in [2.75, 3.05) is 20.2 Å². The lowest BCUT2D eigenvalue weighted by Crippen LogP contribution is -2.20. The van der Waals surface area contributed by atoms with Gasteiger partial charge in [0.25, 0.3) is 0 Å². The lowest BCUT2D eigenvalue weighted by Gasteiger charge is -2.18. The van der Waals surface area contributed by atoms with Crippen LogP contribution in [0.15, 0.2) is 18.2 Å². The summed E-state index contributed by atoms with van der Waals surface area (Å²) in [5.74, 6) is 1.75. The van der Waals surface area contributed by atoms with Crippen LogP contribution in [0.1, 0.15) is 36.2 Å². The molecule has 0 N–H and O–H groups in total. The number of likely N-dealkylation sites (tertiary alicyclic amines) is 1. The van der Waals surface area contributed by atoms with Crippen molar-refractivity contribution in [1.29, 1.82) is 0 Å². The van der Waals surface area contributed by atoms with E-state index in [-0.39, 0.29) is 5.78 Å². The van der Waals surface area contributed by atoms with Crippen LogP contribution in [-0.4, -0.2) is 30.9 Å². The van der Waals surface area contributed by atoms with Crippen molar-refractivity contribution in [2.45, 2.75) is 26.8 Å². The normalized spacial score (nSPS) is 20.1. The zero-order valence-electron chi connectivity index (χ0n) is 11.4. The summed E-state index contributed by atoms with van der Waals surface area (Å²) in [7, 11) is 1.68. The lowest BCUT2D eigenvalue weighted by molar-refractivity contribution is 0.101. The summed E-state index contributed by atoms with van der Waals surface area (Å²) in [6.07, 6.45) is 1.26. The van der Waals surface area contributed by atoms with Gasteiger partial charge in [0.1, 0.15) is 5.75 Å². The molecule has 3 nitrogen and oxygen atoms in total. The van der Waals surface area contributed by atoms with Crippen molar-refractivity contribution in [3.8, 4) is 5.75 Å². The maximum atomic E-state index is 11.4. The highest BCUT2D eigenvalue weighted by Crippen LogP contribution is 2.25. The van der Waals surface area contributed by atoms with Gasteiger partial charge in [0.15, 0.2) is 5.78 Å². The van der Waals surface area contributed by atoms with Gasteiger partial charge in [-0.05, 0) is 44.0 Å². The molecule has 0 aliphatic carbocycles. The Hall–Kier alpha value is -1.35. The predicted molar refractivity (Wildman–Crippen MR) is 72.1 cm³/mol. The Morgan fingerprint density at radius 2 is 2.28 bits per heavy atom. The van der Waals surface area contributed by atoms with E-state index < -0.39 is 0 Å². The summed E-state index contributed by atoms with van der Waals surface area (Å²) in [4.78, 5) is 13.9. The second-order valence-electron chi connectivity index (χ2n) is 5.21. The van der Waals surface area contributed by atoms with Crippen LogP contribution < -0.4 is 4.74 Å². The Bertz CT molecular complexity index is 442. The molecule has 1 aromatic carbocycles. The molecule has 0 amide bonds. The van der Waals surface area contributed by atoms with Crippen LogP contribution in [0.5, 0.6) is 5.75 Å². The first-order valence-corrected chi connectivity index (χ1v) is 6.50. The van der Waals surface area contributed by atoms with Gasteiger partial charge in [0.05, 0.1) is 7.11 Å². The number of carbonyl (C=O) groups is 1. The third-order valence-corrected chi connectivity index (χ3v) is 3.59. The van der Waals surface area contributed by atoms with Gasteiger partial charge in [-0.1, -0.05) is 6.92 Å². The Morgan fingerprint density at radius 3 is 2.83 bits per heavy atom. The molecule has 0 saturated carbocycles. The summed E-state index contributed by atoms with van der Waals surface area (Å²) in [6.45, 7) is 7.02. The molecule has 1 aliphatic heterocycles. The van der Waals surface area contributed by atoms with Crippen LogP contribution in [0, 0.1) is 5.92 Å². The average Bonchev–Trinajstić information content (AvgIpc) is 2.74. The highest BCUT2D eigenvalue weighted by molar-refractivity contribution is 5.94. The first-order chi connectivity index (χ1) is 8.60. The van der Waals surface area contributed by atoms with Crippen molar-refractivity contribution in [2.24, 2.45) is 5.92 Å². The van der Waals surface area contributed by atoms with Gasteiger partial charge in [-0.3, -0.25) is 9.69 Å². The highest BCUT2D eigenvalue weighted by Gasteiger charge is 2.20. The van der Waals surface area contributed by atoms with Crippen LogP contribution in [0.4, 0.5) is 0 Å². The van der Waals surface area contributed by atoms with Gasteiger partial charge in [0, 0.05) is 24.2 Å². The van der Waals surface area contributed by atoms with Crippen LogP contribution in [0.3, 0.4) is 0 Å². The fourth-order valence-electron chi connectivity index (χ4n) is 2.53. The fourth-order valence-corrected chi connectivity index (χ4v) is 2.53. The van der Waals surface area contributed by atoms with Crippen molar-refractivity contribution in [3.63, 3.8) is 0 Å². The minimum absolute atomic E-state index is 0.105. The topological polar surface area (TPSA) is 29.5 Å². The number of carbonyl (C=O) groups excluding carboxylic acids is 1. The molecular weight excluding hydrogens is 226 g/mol. The number of hydrogen-bond donors (Lipinski definition) is 0. The Kier molecular flexibility index (Phi) is 4.02. The molecule has 0 aromatic heterocycles. The maximum Gasteiger partial charge on any atom is 0.159 e. The van der Waals surface area contributed by atoms with E-state index in [2.05, 4.69) is 11.8 Å². The van der Waals surface area contributed by atoms with Crippen LogP contribution in [0.25, 0.3) is 0 Å². The lowest BCUT2D eigenvalue weighted by atomic mass is 10.1. The van der Waals surface area contributed by atoms with Gasteiger partial charge < -0.3 is 4.74 Å². The zero-order chi connectivity index (χ0) is 13.1. The summed E-state index contributed by atoms with van der Waals surface area (Å²) in [5, 5.41) is 0. The molecule has 98 valence electrons. The average molecular weight is 247 g/mol. The largest absolute Gasteiger partial charge is 0.496 e. The monoisotopic (exact) mass is 247 g/mol. The molecule has 2 rings (SSSR count).